The van der Waals surface area contributed by atoms with Crippen LogP contribution in [-0.4, -0.2) is 47.3 Å². The van der Waals surface area contributed by atoms with Gasteiger partial charge in [0.15, 0.2) is 0 Å². The third-order valence-electron chi connectivity index (χ3n) is 6.99. The largest absolute Gasteiger partial charge is 0.302 e. The summed E-state index contributed by atoms with van der Waals surface area (Å²) in [5.41, 5.74) is 2.86. The predicted octanol–water partition coefficient (Wildman–Crippen LogP) is 4.40. The first-order valence-electron chi connectivity index (χ1n) is 10.9. The van der Waals surface area contributed by atoms with Crippen molar-refractivity contribution in [2.24, 2.45) is 5.92 Å². The van der Waals surface area contributed by atoms with Gasteiger partial charge in [0.1, 0.15) is 0 Å². The van der Waals surface area contributed by atoms with Crippen molar-refractivity contribution in [1.29, 1.82) is 0 Å². The van der Waals surface area contributed by atoms with Crippen LogP contribution in [0.4, 0.5) is 0 Å². The molecule has 4 rings (SSSR count). The Hall–Kier alpha value is -1.39. The highest BCUT2D eigenvalue weighted by atomic mass is 35.5. The molecule has 0 unspecified atom stereocenters. The Labute approximate surface area is 173 Å². The Morgan fingerprint density at radius 1 is 1.04 bits per heavy atom. The van der Waals surface area contributed by atoms with Gasteiger partial charge >= 0.3 is 0 Å². The average molecular weight is 403 g/mol. The quantitative estimate of drug-likeness (QED) is 0.701. The lowest BCUT2D eigenvalue weighted by Gasteiger charge is -2.34. The normalized spacial score (nSPS) is 29.1. The molecule has 0 spiro atoms. The van der Waals surface area contributed by atoms with E-state index in [9.17, 15) is 9.59 Å². The zero-order valence-corrected chi connectivity index (χ0v) is 17.6. The summed E-state index contributed by atoms with van der Waals surface area (Å²) in [4.78, 5) is 28.1. The van der Waals surface area contributed by atoms with Gasteiger partial charge in [-0.25, -0.2) is 0 Å². The minimum absolute atomic E-state index is 0.0478. The standard InChI is InChI=1S/C23H31ClN2O2/c1-16-15-25(13-11-18-4-5-19(24)14-21(16)18)12-10-17-2-6-20(7-3-17)26-22(27)8-9-23(26)28/h4-5,14,16-17,20H,2-3,6-13,15H2,1H3/t16-,17?,20?/m0/s1. The van der Waals surface area contributed by atoms with Gasteiger partial charge in [0.05, 0.1) is 0 Å². The lowest BCUT2D eigenvalue weighted by Crippen LogP contribution is -2.41. The van der Waals surface area contributed by atoms with Gasteiger partial charge in [-0.2, -0.15) is 0 Å². The van der Waals surface area contributed by atoms with E-state index in [1.807, 2.05) is 6.07 Å². The number of imide groups is 1. The third kappa shape index (κ3) is 4.28. The average Bonchev–Trinajstić information content (AvgIpc) is 2.94. The lowest BCUT2D eigenvalue weighted by atomic mass is 9.83. The van der Waals surface area contributed by atoms with Crippen LogP contribution in [0.5, 0.6) is 0 Å². The van der Waals surface area contributed by atoms with Crippen LogP contribution >= 0.6 is 11.6 Å². The Morgan fingerprint density at radius 3 is 2.46 bits per heavy atom. The van der Waals surface area contributed by atoms with Crippen LogP contribution in [0, 0.1) is 5.92 Å². The van der Waals surface area contributed by atoms with Crippen molar-refractivity contribution in [3.63, 3.8) is 0 Å². The number of benzene rings is 1. The number of hydrogen-bond donors (Lipinski definition) is 0. The number of amides is 2. The number of halogens is 1. The molecule has 1 saturated carbocycles. The molecule has 2 aliphatic heterocycles. The smallest absolute Gasteiger partial charge is 0.229 e. The number of likely N-dealkylation sites (tertiary alicyclic amines) is 1. The lowest BCUT2D eigenvalue weighted by molar-refractivity contribution is -0.142. The Balaban J connectivity index is 1.26. The minimum atomic E-state index is 0.0478. The van der Waals surface area contributed by atoms with Gasteiger partial charge in [-0.3, -0.25) is 14.5 Å². The molecule has 1 aromatic rings. The summed E-state index contributed by atoms with van der Waals surface area (Å²) in [5.74, 6) is 1.33. The van der Waals surface area contributed by atoms with Crippen molar-refractivity contribution in [2.75, 3.05) is 19.6 Å². The van der Waals surface area contributed by atoms with Gasteiger partial charge < -0.3 is 4.90 Å². The van der Waals surface area contributed by atoms with Gasteiger partial charge in [0, 0.05) is 37.0 Å². The monoisotopic (exact) mass is 402 g/mol. The summed E-state index contributed by atoms with van der Waals surface area (Å²) in [6.45, 7) is 5.66. The molecule has 1 saturated heterocycles. The molecule has 152 valence electrons. The predicted molar refractivity (Wildman–Crippen MR) is 111 cm³/mol. The Morgan fingerprint density at radius 2 is 1.75 bits per heavy atom. The number of hydrogen-bond acceptors (Lipinski definition) is 3. The molecule has 0 N–H and O–H groups in total. The summed E-state index contributed by atoms with van der Waals surface area (Å²) in [6, 6.07) is 6.51. The fourth-order valence-corrected chi connectivity index (χ4v) is 5.55. The summed E-state index contributed by atoms with van der Waals surface area (Å²) < 4.78 is 0. The molecule has 3 aliphatic rings. The van der Waals surface area contributed by atoms with E-state index in [1.165, 1.54) is 17.5 Å². The number of rotatable bonds is 4. The third-order valence-corrected chi connectivity index (χ3v) is 7.23. The second-order valence-corrected chi connectivity index (χ2v) is 9.35. The van der Waals surface area contributed by atoms with E-state index < -0.39 is 0 Å². The zero-order valence-electron chi connectivity index (χ0n) is 16.8. The van der Waals surface area contributed by atoms with Gasteiger partial charge in [-0.1, -0.05) is 24.6 Å². The molecule has 28 heavy (non-hydrogen) atoms. The summed E-state index contributed by atoms with van der Waals surface area (Å²) in [7, 11) is 0. The molecular weight excluding hydrogens is 372 g/mol. The molecule has 2 heterocycles. The Kier molecular flexibility index (Phi) is 6.07. The molecule has 2 amide bonds. The van der Waals surface area contributed by atoms with E-state index in [-0.39, 0.29) is 17.9 Å². The molecule has 0 bridgehead atoms. The molecule has 4 nitrogen and oxygen atoms in total. The van der Waals surface area contributed by atoms with E-state index in [2.05, 4.69) is 24.0 Å². The number of carbonyl (C=O) groups is 2. The highest BCUT2D eigenvalue weighted by Crippen LogP contribution is 2.33. The molecule has 1 aromatic carbocycles. The van der Waals surface area contributed by atoms with Crippen LogP contribution in [0.25, 0.3) is 0 Å². The molecule has 2 fully saturated rings. The first-order chi connectivity index (χ1) is 13.5. The fourth-order valence-electron chi connectivity index (χ4n) is 5.37. The minimum Gasteiger partial charge on any atom is -0.302 e. The van der Waals surface area contributed by atoms with Crippen molar-refractivity contribution >= 4 is 23.4 Å². The second-order valence-electron chi connectivity index (χ2n) is 8.92. The van der Waals surface area contributed by atoms with Crippen LogP contribution in [0.1, 0.15) is 68.9 Å². The van der Waals surface area contributed by atoms with Gasteiger partial charge in [0.25, 0.3) is 0 Å². The fraction of sp³-hybridized carbons (Fsp3) is 0.652. The SMILES string of the molecule is C[C@H]1CN(CCC2CCC(N3C(=O)CCC3=O)CC2)CCc2ccc(Cl)cc21. The van der Waals surface area contributed by atoms with Gasteiger partial charge in [-0.15, -0.1) is 0 Å². The van der Waals surface area contributed by atoms with Crippen molar-refractivity contribution in [3.8, 4) is 0 Å². The number of carbonyl (C=O) groups excluding carboxylic acids is 2. The van der Waals surface area contributed by atoms with Crippen LogP contribution < -0.4 is 0 Å². The van der Waals surface area contributed by atoms with E-state index in [4.69, 9.17) is 11.6 Å². The maximum atomic E-state index is 12.0. The summed E-state index contributed by atoms with van der Waals surface area (Å²) in [5, 5.41) is 0.839. The van der Waals surface area contributed by atoms with Crippen molar-refractivity contribution in [1.82, 2.24) is 9.80 Å². The first kappa shape index (κ1) is 19.9. The maximum Gasteiger partial charge on any atom is 0.229 e. The van der Waals surface area contributed by atoms with E-state index in [0.29, 0.717) is 18.8 Å². The van der Waals surface area contributed by atoms with Crippen molar-refractivity contribution < 1.29 is 9.59 Å². The van der Waals surface area contributed by atoms with Crippen molar-refractivity contribution in [2.45, 2.75) is 70.3 Å². The van der Waals surface area contributed by atoms with Crippen LogP contribution in [0.3, 0.4) is 0 Å². The second kappa shape index (κ2) is 8.54. The summed E-state index contributed by atoms with van der Waals surface area (Å²) in [6.07, 6.45) is 7.41. The number of nitrogens with zero attached hydrogens (tertiary/aromatic N) is 2. The van der Waals surface area contributed by atoms with E-state index in [0.717, 1.165) is 62.7 Å². The molecule has 1 atom stereocenters. The van der Waals surface area contributed by atoms with E-state index >= 15 is 0 Å². The molecular formula is C23H31ClN2O2. The molecule has 1 aliphatic carbocycles. The zero-order chi connectivity index (χ0) is 19.7. The topological polar surface area (TPSA) is 40.6 Å². The molecule has 0 radical (unpaired) electrons. The van der Waals surface area contributed by atoms with E-state index in [1.54, 1.807) is 4.90 Å². The Bertz CT molecular complexity index is 726. The maximum absolute atomic E-state index is 12.0. The van der Waals surface area contributed by atoms with Crippen LogP contribution in [0.2, 0.25) is 5.02 Å². The first-order valence-corrected chi connectivity index (χ1v) is 11.2. The van der Waals surface area contributed by atoms with Gasteiger partial charge in [-0.05, 0) is 80.2 Å². The number of fused-ring (bicyclic) bond motifs is 1. The van der Waals surface area contributed by atoms with Gasteiger partial charge in [0.2, 0.25) is 11.8 Å². The highest BCUT2D eigenvalue weighted by molar-refractivity contribution is 6.30. The molecule has 5 heteroatoms. The summed E-state index contributed by atoms with van der Waals surface area (Å²) >= 11 is 6.21. The highest BCUT2D eigenvalue weighted by Gasteiger charge is 2.36. The van der Waals surface area contributed by atoms with Crippen LogP contribution in [-0.2, 0) is 16.0 Å². The van der Waals surface area contributed by atoms with Crippen molar-refractivity contribution in [3.05, 3.63) is 34.3 Å². The molecule has 0 aromatic heterocycles. The van der Waals surface area contributed by atoms with Crippen LogP contribution in [0.15, 0.2) is 18.2 Å².